The van der Waals surface area contributed by atoms with Gasteiger partial charge in [-0.05, 0) is 36.4 Å². The third-order valence-corrected chi connectivity index (χ3v) is 5.79. The van der Waals surface area contributed by atoms with Crippen molar-refractivity contribution in [2.75, 3.05) is 11.9 Å². The number of hydrogen-bond donors (Lipinski definition) is 1. The van der Waals surface area contributed by atoms with E-state index in [-0.39, 0.29) is 11.2 Å². The SMILES string of the molecule is O=C1OCC[C@H]1Sc1nnc(Nc2ccc(Oc3ccccc3)cc2)s1. The van der Waals surface area contributed by atoms with E-state index in [9.17, 15) is 4.79 Å². The molecule has 0 aliphatic carbocycles. The first kappa shape index (κ1) is 16.9. The molecule has 0 amide bonds. The second-order valence-electron chi connectivity index (χ2n) is 5.50. The fourth-order valence-corrected chi connectivity index (χ4v) is 4.35. The van der Waals surface area contributed by atoms with Crippen molar-refractivity contribution >= 4 is 39.9 Å². The highest BCUT2D eigenvalue weighted by molar-refractivity contribution is 8.02. The fourth-order valence-electron chi connectivity index (χ4n) is 2.37. The first-order valence-corrected chi connectivity index (χ1v) is 9.73. The summed E-state index contributed by atoms with van der Waals surface area (Å²) in [5.74, 6) is 1.38. The number of nitrogens with one attached hydrogen (secondary N) is 1. The lowest BCUT2D eigenvalue weighted by atomic mass is 10.3. The number of carbonyl (C=O) groups is 1. The van der Waals surface area contributed by atoms with Crippen molar-refractivity contribution in [3.63, 3.8) is 0 Å². The molecule has 2 heterocycles. The van der Waals surface area contributed by atoms with Crippen LogP contribution < -0.4 is 10.1 Å². The molecule has 26 heavy (non-hydrogen) atoms. The Bertz CT molecular complexity index is 884. The maximum atomic E-state index is 11.5. The highest BCUT2D eigenvalue weighted by atomic mass is 32.2. The zero-order valence-corrected chi connectivity index (χ0v) is 15.3. The molecule has 1 saturated heterocycles. The number of thioether (sulfide) groups is 1. The smallest absolute Gasteiger partial charge is 0.319 e. The third-order valence-electron chi connectivity index (χ3n) is 3.62. The summed E-state index contributed by atoms with van der Waals surface area (Å²) in [5.41, 5.74) is 0.887. The van der Waals surface area contributed by atoms with Gasteiger partial charge in [0.05, 0.1) is 6.61 Å². The molecule has 1 aliphatic heterocycles. The number of nitrogens with zero attached hydrogens (tertiary/aromatic N) is 2. The Hall–Kier alpha value is -2.58. The van der Waals surface area contributed by atoms with Crippen LogP contribution in [0.1, 0.15) is 6.42 Å². The summed E-state index contributed by atoms with van der Waals surface area (Å²) in [4.78, 5) is 11.5. The number of hydrogen-bond acceptors (Lipinski definition) is 8. The summed E-state index contributed by atoms with van der Waals surface area (Å²) in [6.45, 7) is 0.484. The van der Waals surface area contributed by atoms with Crippen molar-refractivity contribution in [1.29, 1.82) is 0 Å². The van der Waals surface area contributed by atoms with E-state index in [0.717, 1.165) is 21.5 Å². The minimum absolute atomic E-state index is 0.172. The van der Waals surface area contributed by atoms with Gasteiger partial charge in [-0.15, -0.1) is 10.2 Å². The molecule has 132 valence electrons. The largest absolute Gasteiger partial charge is 0.465 e. The molecule has 1 fully saturated rings. The van der Waals surface area contributed by atoms with Gasteiger partial charge in [-0.1, -0.05) is 41.3 Å². The van der Waals surface area contributed by atoms with Gasteiger partial charge in [0, 0.05) is 12.1 Å². The van der Waals surface area contributed by atoms with Crippen molar-refractivity contribution in [3.8, 4) is 11.5 Å². The van der Waals surface area contributed by atoms with Gasteiger partial charge in [-0.2, -0.15) is 0 Å². The lowest BCUT2D eigenvalue weighted by molar-refractivity contribution is -0.137. The Morgan fingerprint density at radius 3 is 2.58 bits per heavy atom. The summed E-state index contributed by atoms with van der Waals surface area (Å²) >= 11 is 2.82. The van der Waals surface area contributed by atoms with Gasteiger partial charge < -0.3 is 14.8 Å². The highest BCUT2D eigenvalue weighted by Crippen LogP contribution is 2.34. The molecule has 8 heteroatoms. The van der Waals surface area contributed by atoms with E-state index in [4.69, 9.17) is 9.47 Å². The second kappa shape index (κ2) is 7.76. The van der Waals surface area contributed by atoms with Crippen LogP contribution in [0.25, 0.3) is 0 Å². The van der Waals surface area contributed by atoms with Gasteiger partial charge in [-0.25, -0.2) is 0 Å². The maximum Gasteiger partial charge on any atom is 0.319 e. The van der Waals surface area contributed by atoms with Crippen molar-refractivity contribution < 1.29 is 14.3 Å². The van der Waals surface area contributed by atoms with Crippen LogP contribution in [-0.4, -0.2) is 28.0 Å². The Morgan fingerprint density at radius 2 is 1.85 bits per heavy atom. The monoisotopic (exact) mass is 385 g/mol. The molecule has 0 saturated carbocycles. The lowest BCUT2D eigenvalue weighted by Crippen LogP contribution is -2.08. The van der Waals surface area contributed by atoms with Crippen LogP contribution >= 0.6 is 23.1 Å². The zero-order valence-electron chi connectivity index (χ0n) is 13.6. The van der Waals surface area contributed by atoms with Crippen LogP contribution in [0.3, 0.4) is 0 Å². The number of anilines is 2. The molecule has 1 aliphatic rings. The minimum Gasteiger partial charge on any atom is -0.465 e. The number of aromatic nitrogens is 2. The predicted octanol–water partition coefficient (Wildman–Crippen LogP) is 4.48. The molecule has 0 radical (unpaired) electrons. The number of rotatable bonds is 6. The first-order valence-electron chi connectivity index (χ1n) is 8.03. The van der Waals surface area contributed by atoms with Crippen molar-refractivity contribution in [2.24, 2.45) is 0 Å². The Balaban J connectivity index is 1.36. The quantitative estimate of drug-likeness (QED) is 0.627. The number of esters is 1. The molecule has 0 bridgehead atoms. The van der Waals surface area contributed by atoms with Crippen LogP contribution in [-0.2, 0) is 9.53 Å². The molecule has 4 rings (SSSR count). The van der Waals surface area contributed by atoms with E-state index in [0.29, 0.717) is 18.2 Å². The molecular weight excluding hydrogens is 370 g/mol. The first-order chi connectivity index (χ1) is 12.8. The Labute approximate surface area is 158 Å². The molecular formula is C18H15N3O3S2. The second-order valence-corrected chi connectivity index (χ2v) is 7.93. The highest BCUT2D eigenvalue weighted by Gasteiger charge is 2.28. The van der Waals surface area contributed by atoms with Gasteiger partial charge in [0.2, 0.25) is 5.13 Å². The van der Waals surface area contributed by atoms with Crippen molar-refractivity contribution in [1.82, 2.24) is 10.2 Å². The minimum atomic E-state index is -0.176. The molecule has 0 unspecified atom stereocenters. The standard InChI is InChI=1S/C18H15N3O3S2/c22-16-15(10-11-23-16)25-18-21-20-17(26-18)19-12-6-8-14(9-7-12)24-13-4-2-1-3-5-13/h1-9,15H,10-11H2,(H,19,20)/t15-/m1/s1. The van der Waals surface area contributed by atoms with E-state index in [1.165, 1.54) is 23.1 Å². The fraction of sp³-hybridized carbons (Fsp3) is 0.167. The number of ether oxygens (including phenoxy) is 2. The van der Waals surface area contributed by atoms with Crippen LogP contribution in [0.5, 0.6) is 11.5 Å². The van der Waals surface area contributed by atoms with E-state index < -0.39 is 0 Å². The van der Waals surface area contributed by atoms with Gasteiger partial charge >= 0.3 is 5.97 Å². The maximum absolute atomic E-state index is 11.5. The van der Waals surface area contributed by atoms with Crippen LogP contribution in [0.15, 0.2) is 58.9 Å². The molecule has 2 aromatic carbocycles. The van der Waals surface area contributed by atoms with E-state index >= 15 is 0 Å². The summed E-state index contributed by atoms with van der Waals surface area (Å²) in [5, 5.41) is 12.0. The summed E-state index contributed by atoms with van der Waals surface area (Å²) in [7, 11) is 0. The number of cyclic esters (lactones) is 1. The Kier molecular flexibility index (Phi) is 5.03. The number of para-hydroxylation sites is 1. The van der Waals surface area contributed by atoms with Gasteiger partial charge in [0.25, 0.3) is 0 Å². The molecule has 0 spiro atoms. The zero-order chi connectivity index (χ0) is 17.8. The molecule has 3 aromatic rings. The number of benzene rings is 2. The topological polar surface area (TPSA) is 73.3 Å². The number of carbonyl (C=O) groups excluding carboxylic acids is 1. The summed E-state index contributed by atoms with van der Waals surface area (Å²) in [6, 6.07) is 17.2. The molecule has 1 aromatic heterocycles. The van der Waals surface area contributed by atoms with E-state index in [2.05, 4.69) is 15.5 Å². The van der Waals surface area contributed by atoms with Crippen molar-refractivity contribution in [2.45, 2.75) is 16.0 Å². The average molecular weight is 385 g/mol. The summed E-state index contributed by atoms with van der Waals surface area (Å²) in [6.07, 6.45) is 0.717. The van der Waals surface area contributed by atoms with E-state index in [1.54, 1.807) is 0 Å². The third kappa shape index (κ3) is 4.14. The Morgan fingerprint density at radius 1 is 1.08 bits per heavy atom. The van der Waals surface area contributed by atoms with Gasteiger partial charge in [0.1, 0.15) is 16.7 Å². The summed E-state index contributed by atoms with van der Waals surface area (Å²) < 4.78 is 11.5. The molecule has 1 N–H and O–H groups in total. The predicted molar refractivity (Wildman–Crippen MR) is 101 cm³/mol. The average Bonchev–Trinajstić information content (AvgIpc) is 3.27. The molecule has 1 atom stereocenters. The van der Waals surface area contributed by atoms with Crippen LogP contribution in [0.4, 0.5) is 10.8 Å². The lowest BCUT2D eigenvalue weighted by Gasteiger charge is -2.07. The van der Waals surface area contributed by atoms with E-state index in [1.807, 2.05) is 54.6 Å². The van der Waals surface area contributed by atoms with Crippen LogP contribution in [0.2, 0.25) is 0 Å². The van der Waals surface area contributed by atoms with Crippen molar-refractivity contribution in [3.05, 3.63) is 54.6 Å². The van der Waals surface area contributed by atoms with Crippen LogP contribution in [0, 0.1) is 0 Å². The normalized spacial score (nSPS) is 16.3. The van der Waals surface area contributed by atoms with Gasteiger partial charge in [0.15, 0.2) is 4.34 Å². The van der Waals surface area contributed by atoms with Gasteiger partial charge in [-0.3, -0.25) is 4.79 Å². The molecule has 6 nitrogen and oxygen atoms in total.